The zero-order valence-corrected chi connectivity index (χ0v) is 14.6. The molecular weight excluding hydrogens is 343 g/mol. The largest absolute Gasteiger partial charge is 0.416 e. The van der Waals surface area contributed by atoms with E-state index in [9.17, 15) is 18.3 Å². The number of aryl methyl sites for hydroxylation is 1. The van der Waals surface area contributed by atoms with Gasteiger partial charge in [-0.3, -0.25) is 0 Å². The Kier molecular flexibility index (Phi) is 5.18. The highest BCUT2D eigenvalue weighted by Crippen LogP contribution is 2.39. The Balaban J connectivity index is 1.76. The summed E-state index contributed by atoms with van der Waals surface area (Å²) in [7, 11) is 0. The fraction of sp³-hybridized carbons (Fsp3) is 0.474. The molecule has 1 aromatic carbocycles. The van der Waals surface area contributed by atoms with E-state index in [1.54, 1.807) is 12.3 Å². The monoisotopic (exact) mass is 365 g/mol. The average molecular weight is 365 g/mol. The second kappa shape index (κ2) is 7.23. The number of halogens is 3. The first-order valence-electron chi connectivity index (χ1n) is 8.64. The maximum atomic E-state index is 13.3. The first-order chi connectivity index (χ1) is 12.3. The standard InChI is InChI=1S/C19H22F3N3O/c1-14-23-9-6-17(24-14)25-10-7-18(13-26,8-11-25)12-15-4-2-3-5-16(15)19(20,21)22/h2-6,9,26H,7-8,10-13H2,1H3. The zero-order valence-electron chi connectivity index (χ0n) is 14.6. The van der Waals surface area contributed by atoms with Crippen molar-refractivity contribution in [3.05, 3.63) is 53.5 Å². The van der Waals surface area contributed by atoms with Crippen LogP contribution in [-0.2, 0) is 12.6 Å². The van der Waals surface area contributed by atoms with Gasteiger partial charge in [-0.1, -0.05) is 18.2 Å². The zero-order chi connectivity index (χ0) is 18.8. The summed E-state index contributed by atoms with van der Waals surface area (Å²) in [6.45, 7) is 2.98. The molecule has 1 aliphatic heterocycles. The molecule has 1 fully saturated rings. The number of piperidine rings is 1. The van der Waals surface area contributed by atoms with Crippen LogP contribution in [0.1, 0.15) is 29.8 Å². The summed E-state index contributed by atoms with van der Waals surface area (Å²) in [6, 6.07) is 7.48. The van der Waals surface area contributed by atoms with Crippen LogP contribution < -0.4 is 4.90 Å². The van der Waals surface area contributed by atoms with Crippen molar-refractivity contribution in [1.82, 2.24) is 9.97 Å². The number of aromatic nitrogens is 2. The van der Waals surface area contributed by atoms with E-state index < -0.39 is 17.2 Å². The number of aliphatic hydroxyl groups is 1. The molecule has 0 atom stereocenters. The van der Waals surface area contributed by atoms with Crippen molar-refractivity contribution >= 4 is 5.82 Å². The van der Waals surface area contributed by atoms with Gasteiger partial charge in [-0.15, -0.1) is 0 Å². The van der Waals surface area contributed by atoms with Crippen LogP contribution in [0.2, 0.25) is 0 Å². The van der Waals surface area contributed by atoms with Gasteiger partial charge in [-0.05, 0) is 43.9 Å². The second-order valence-corrected chi connectivity index (χ2v) is 6.94. The summed E-state index contributed by atoms with van der Waals surface area (Å²) in [5.41, 5.74) is -0.901. The van der Waals surface area contributed by atoms with E-state index >= 15 is 0 Å². The van der Waals surface area contributed by atoms with Gasteiger partial charge in [0.25, 0.3) is 0 Å². The SMILES string of the molecule is Cc1nccc(N2CCC(CO)(Cc3ccccc3C(F)(F)F)CC2)n1. The molecule has 2 heterocycles. The van der Waals surface area contributed by atoms with Gasteiger partial charge in [-0.2, -0.15) is 13.2 Å². The van der Waals surface area contributed by atoms with Gasteiger partial charge in [-0.25, -0.2) is 9.97 Å². The Bertz CT molecular complexity index is 756. The summed E-state index contributed by atoms with van der Waals surface area (Å²) >= 11 is 0. The minimum Gasteiger partial charge on any atom is -0.396 e. The fourth-order valence-corrected chi connectivity index (χ4v) is 3.58. The van der Waals surface area contributed by atoms with Crippen LogP contribution in [0, 0.1) is 12.3 Å². The van der Waals surface area contributed by atoms with Crippen LogP contribution in [-0.4, -0.2) is 34.8 Å². The highest BCUT2D eigenvalue weighted by atomic mass is 19.4. The van der Waals surface area contributed by atoms with E-state index in [1.807, 2.05) is 13.0 Å². The molecule has 1 aliphatic rings. The Morgan fingerprint density at radius 3 is 2.46 bits per heavy atom. The van der Waals surface area contributed by atoms with Crippen LogP contribution in [0.4, 0.5) is 19.0 Å². The van der Waals surface area contributed by atoms with Crippen molar-refractivity contribution < 1.29 is 18.3 Å². The number of anilines is 1. The van der Waals surface area contributed by atoms with Gasteiger partial charge in [0, 0.05) is 31.3 Å². The van der Waals surface area contributed by atoms with Gasteiger partial charge in [0.1, 0.15) is 11.6 Å². The van der Waals surface area contributed by atoms with Crippen molar-refractivity contribution in [1.29, 1.82) is 0 Å². The summed E-state index contributed by atoms with van der Waals surface area (Å²) < 4.78 is 39.8. The van der Waals surface area contributed by atoms with Gasteiger partial charge >= 0.3 is 6.18 Å². The topological polar surface area (TPSA) is 49.2 Å². The van der Waals surface area contributed by atoms with E-state index in [0.29, 0.717) is 31.8 Å². The Morgan fingerprint density at radius 2 is 1.85 bits per heavy atom. The van der Waals surface area contributed by atoms with Gasteiger partial charge in [0.15, 0.2) is 0 Å². The molecule has 1 aromatic heterocycles. The van der Waals surface area contributed by atoms with E-state index in [0.717, 1.165) is 11.9 Å². The molecular formula is C19H22F3N3O. The minimum atomic E-state index is -4.38. The normalized spacial score (nSPS) is 17.3. The highest BCUT2D eigenvalue weighted by Gasteiger charge is 2.39. The molecule has 140 valence electrons. The van der Waals surface area contributed by atoms with Crippen molar-refractivity contribution in [2.24, 2.45) is 5.41 Å². The lowest BCUT2D eigenvalue weighted by atomic mass is 9.73. The molecule has 0 amide bonds. The Hall–Kier alpha value is -2.15. The summed E-state index contributed by atoms with van der Waals surface area (Å²) in [5.74, 6) is 1.50. The third kappa shape index (κ3) is 3.98. The van der Waals surface area contributed by atoms with Gasteiger partial charge in [0.05, 0.1) is 5.56 Å². The smallest absolute Gasteiger partial charge is 0.396 e. The molecule has 26 heavy (non-hydrogen) atoms. The number of rotatable bonds is 4. The van der Waals surface area contributed by atoms with Crippen LogP contribution in [0.25, 0.3) is 0 Å². The van der Waals surface area contributed by atoms with Gasteiger partial charge in [0.2, 0.25) is 0 Å². The molecule has 0 bridgehead atoms. The van der Waals surface area contributed by atoms with Crippen LogP contribution in [0.5, 0.6) is 0 Å². The maximum absolute atomic E-state index is 13.3. The third-order valence-electron chi connectivity index (χ3n) is 5.13. The number of benzene rings is 1. The van der Waals surface area contributed by atoms with Crippen LogP contribution >= 0.6 is 0 Å². The molecule has 1 N–H and O–H groups in total. The maximum Gasteiger partial charge on any atom is 0.416 e. The Labute approximate surface area is 150 Å². The number of hydrogen-bond donors (Lipinski definition) is 1. The van der Waals surface area contributed by atoms with Crippen molar-refractivity contribution in [3.63, 3.8) is 0 Å². The van der Waals surface area contributed by atoms with E-state index in [2.05, 4.69) is 14.9 Å². The predicted octanol–water partition coefficient (Wildman–Crippen LogP) is 3.63. The Morgan fingerprint density at radius 1 is 1.15 bits per heavy atom. The van der Waals surface area contributed by atoms with Crippen molar-refractivity contribution in [2.45, 2.75) is 32.4 Å². The molecule has 1 saturated heterocycles. The molecule has 0 aliphatic carbocycles. The molecule has 0 saturated carbocycles. The first-order valence-corrected chi connectivity index (χ1v) is 8.64. The van der Waals surface area contributed by atoms with E-state index in [1.165, 1.54) is 12.1 Å². The summed E-state index contributed by atoms with van der Waals surface area (Å²) in [5, 5.41) is 9.97. The summed E-state index contributed by atoms with van der Waals surface area (Å²) in [6.07, 6.45) is -1.25. The van der Waals surface area contributed by atoms with E-state index in [-0.39, 0.29) is 18.6 Å². The molecule has 2 aromatic rings. The third-order valence-corrected chi connectivity index (χ3v) is 5.13. The number of alkyl halides is 3. The lowest BCUT2D eigenvalue weighted by Gasteiger charge is -2.41. The lowest BCUT2D eigenvalue weighted by molar-refractivity contribution is -0.138. The van der Waals surface area contributed by atoms with Crippen LogP contribution in [0.3, 0.4) is 0 Å². The number of aliphatic hydroxyl groups excluding tert-OH is 1. The molecule has 0 radical (unpaired) electrons. The van der Waals surface area contributed by atoms with E-state index in [4.69, 9.17) is 0 Å². The molecule has 0 unspecified atom stereocenters. The van der Waals surface area contributed by atoms with Crippen molar-refractivity contribution in [2.75, 3.05) is 24.6 Å². The molecule has 3 rings (SSSR count). The first kappa shape index (κ1) is 18.6. The number of nitrogens with zero attached hydrogens (tertiary/aromatic N) is 3. The van der Waals surface area contributed by atoms with Gasteiger partial charge < -0.3 is 10.0 Å². The minimum absolute atomic E-state index is 0.129. The molecule has 0 spiro atoms. The molecule has 4 nitrogen and oxygen atoms in total. The quantitative estimate of drug-likeness (QED) is 0.899. The predicted molar refractivity (Wildman–Crippen MR) is 92.9 cm³/mol. The fourth-order valence-electron chi connectivity index (χ4n) is 3.58. The second-order valence-electron chi connectivity index (χ2n) is 6.94. The van der Waals surface area contributed by atoms with Crippen molar-refractivity contribution in [3.8, 4) is 0 Å². The number of hydrogen-bond acceptors (Lipinski definition) is 4. The van der Waals surface area contributed by atoms with Crippen LogP contribution in [0.15, 0.2) is 36.5 Å². The summed E-state index contributed by atoms with van der Waals surface area (Å²) in [4.78, 5) is 10.6. The molecule has 7 heteroatoms. The highest BCUT2D eigenvalue weighted by molar-refractivity contribution is 5.38. The average Bonchev–Trinajstić information content (AvgIpc) is 2.62. The lowest BCUT2D eigenvalue weighted by Crippen LogP contribution is -2.43.